The number of piperidine rings is 3. The first-order valence-corrected chi connectivity index (χ1v) is 10.8. The second-order valence-corrected chi connectivity index (χ2v) is 8.48. The van der Waals surface area contributed by atoms with Gasteiger partial charge in [-0.05, 0) is 61.1 Å². The molecule has 1 N–H and O–H groups in total. The van der Waals surface area contributed by atoms with E-state index in [1.54, 1.807) is 0 Å². The van der Waals surface area contributed by atoms with Gasteiger partial charge < -0.3 is 5.32 Å². The Morgan fingerprint density at radius 2 is 1.93 bits per heavy atom. The standard InChI is InChI=1S/C26H27N3O/c1-2-18-17-29-15-13-20(18)16-24(29)25(28-26(30)19-8-4-3-5-9-19)22-12-14-27-23-11-7-6-10-21(22)23/h2-12,14,18,20,24-25H,1,13,15-17H2,(H,28,30)/t18-,20-,24+,25+/m0/s1. The minimum Gasteiger partial charge on any atom is -0.344 e. The van der Waals surface area contributed by atoms with Crippen LogP contribution in [0.25, 0.3) is 10.9 Å². The summed E-state index contributed by atoms with van der Waals surface area (Å²) in [7, 11) is 0. The van der Waals surface area contributed by atoms with Crippen molar-refractivity contribution in [1.29, 1.82) is 0 Å². The fourth-order valence-electron chi connectivity index (χ4n) is 5.31. The lowest BCUT2D eigenvalue weighted by molar-refractivity contribution is 0.00171. The average Bonchev–Trinajstić information content (AvgIpc) is 2.83. The molecule has 30 heavy (non-hydrogen) atoms. The van der Waals surface area contributed by atoms with Gasteiger partial charge in [-0.3, -0.25) is 14.7 Å². The topological polar surface area (TPSA) is 45.2 Å². The number of amides is 1. The molecule has 6 rings (SSSR count). The summed E-state index contributed by atoms with van der Waals surface area (Å²) >= 11 is 0. The summed E-state index contributed by atoms with van der Waals surface area (Å²) in [6, 6.07) is 20.0. The number of para-hydroxylation sites is 1. The van der Waals surface area contributed by atoms with Crippen molar-refractivity contribution in [2.75, 3.05) is 13.1 Å². The maximum Gasteiger partial charge on any atom is 0.251 e. The average molecular weight is 398 g/mol. The Balaban J connectivity index is 1.54. The van der Waals surface area contributed by atoms with E-state index in [0.29, 0.717) is 17.4 Å². The summed E-state index contributed by atoms with van der Waals surface area (Å²) in [5.74, 6) is 1.17. The van der Waals surface area contributed by atoms with Gasteiger partial charge in [-0.15, -0.1) is 6.58 Å². The molecule has 4 heterocycles. The number of nitrogens with one attached hydrogen (secondary N) is 1. The summed E-state index contributed by atoms with van der Waals surface area (Å²) in [6.07, 6.45) is 6.27. The highest BCUT2D eigenvalue weighted by Gasteiger charge is 2.43. The molecule has 152 valence electrons. The largest absolute Gasteiger partial charge is 0.344 e. The van der Waals surface area contributed by atoms with E-state index in [2.05, 4.69) is 40.0 Å². The number of carbonyl (C=O) groups excluding carboxylic acids is 1. The Bertz CT molecular complexity index is 1060. The third-order valence-corrected chi connectivity index (χ3v) is 6.88. The molecule has 0 spiro atoms. The minimum absolute atomic E-state index is 0.0237. The van der Waals surface area contributed by atoms with Gasteiger partial charge in [0.25, 0.3) is 5.91 Å². The molecule has 0 saturated carbocycles. The van der Waals surface area contributed by atoms with Gasteiger partial charge in [-0.25, -0.2) is 0 Å². The van der Waals surface area contributed by atoms with Crippen molar-refractivity contribution in [2.24, 2.45) is 11.8 Å². The fourth-order valence-corrected chi connectivity index (χ4v) is 5.31. The van der Waals surface area contributed by atoms with Gasteiger partial charge >= 0.3 is 0 Å². The van der Waals surface area contributed by atoms with Crippen molar-refractivity contribution in [3.63, 3.8) is 0 Å². The van der Waals surface area contributed by atoms with Crippen LogP contribution in [0.2, 0.25) is 0 Å². The molecule has 4 heteroatoms. The molecular formula is C26H27N3O. The van der Waals surface area contributed by atoms with Crippen LogP contribution < -0.4 is 5.32 Å². The Labute approximate surface area is 177 Å². The molecule has 1 amide bonds. The highest BCUT2D eigenvalue weighted by Crippen LogP contribution is 2.42. The van der Waals surface area contributed by atoms with Gasteiger partial charge in [0.05, 0.1) is 11.6 Å². The van der Waals surface area contributed by atoms with Crippen LogP contribution in [0, 0.1) is 11.8 Å². The molecule has 3 aromatic rings. The zero-order chi connectivity index (χ0) is 20.5. The normalized spacial score (nSPS) is 26.3. The predicted octanol–water partition coefficient (Wildman–Crippen LogP) is 4.60. The third kappa shape index (κ3) is 3.41. The van der Waals surface area contributed by atoms with Gasteiger partial charge in [-0.2, -0.15) is 0 Å². The van der Waals surface area contributed by atoms with E-state index in [1.165, 1.54) is 6.42 Å². The Morgan fingerprint density at radius 3 is 2.70 bits per heavy atom. The molecule has 2 aromatic carbocycles. The van der Waals surface area contributed by atoms with Gasteiger partial charge in [0.1, 0.15) is 0 Å². The number of benzene rings is 2. The summed E-state index contributed by atoms with van der Waals surface area (Å²) in [6.45, 7) is 6.17. The molecule has 3 aliphatic heterocycles. The maximum absolute atomic E-state index is 13.2. The van der Waals surface area contributed by atoms with E-state index in [0.717, 1.165) is 36.0 Å². The van der Waals surface area contributed by atoms with E-state index >= 15 is 0 Å². The summed E-state index contributed by atoms with van der Waals surface area (Å²) in [4.78, 5) is 20.3. The number of pyridine rings is 1. The van der Waals surface area contributed by atoms with Gasteiger partial charge in [-0.1, -0.05) is 42.5 Å². The maximum atomic E-state index is 13.2. The second-order valence-electron chi connectivity index (χ2n) is 8.48. The van der Waals surface area contributed by atoms with E-state index < -0.39 is 0 Å². The molecular weight excluding hydrogens is 370 g/mol. The van der Waals surface area contributed by atoms with Crippen molar-refractivity contribution in [3.05, 3.63) is 90.6 Å². The van der Waals surface area contributed by atoms with E-state index in [-0.39, 0.29) is 18.0 Å². The fraction of sp³-hybridized carbons (Fsp3) is 0.308. The summed E-state index contributed by atoms with van der Waals surface area (Å²) in [5, 5.41) is 4.51. The molecule has 3 saturated heterocycles. The van der Waals surface area contributed by atoms with Crippen LogP contribution in [0.4, 0.5) is 0 Å². The van der Waals surface area contributed by atoms with Crippen molar-refractivity contribution in [3.8, 4) is 0 Å². The van der Waals surface area contributed by atoms with Gasteiger partial charge in [0.15, 0.2) is 0 Å². The molecule has 3 fully saturated rings. The van der Waals surface area contributed by atoms with Crippen LogP contribution in [0.1, 0.15) is 34.8 Å². The summed E-state index contributed by atoms with van der Waals surface area (Å²) < 4.78 is 0. The van der Waals surface area contributed by atoms with Gasteiger partial charge in [0, 0.05) is 29.7 Å². The van der Waals surface area contributed by atoms with Crippen LogP contribution >= 0.6 is 0 Å². The van der Waals surface area contributed by atoms with Crippen LogP contribution in [0.3, 0.4) is 0 Å². The zero-order valence-corrected chi connectivity index (χ0v) is 17.1. The van der Waals surface area contributed by atoms with E-state index in [4.69, 9.17) is 0 Å². The van der Waals surface area contributed by atoms with Crippen molar-refractivity contribution < 1.29 is 4.79 Å². The molecule has 2 bridgehead atoms. The molecule has 1 unspecified atom stereocenters. The predicted molar refractivity (Wildman–Crippen MR) is 120 cm³/mol. The van der Waals surface area contributed by atoms with Crippen LogP contribution in [0.15, 0.2) is 79.5 Å². The monoisotopic (exact) mass is 397 g/mol. The van der Waals surface area contributed by atoms with Gasteiger partial charge in [0.2, 0.25) is 0 Å². The lowest BCUT2D eigenvalue weighted by Gasteiger charge is -2.51. The van der Waals surface area contributed by atoms with Crippen molar-refractivity contribution in [1.82, 2.24) is 15.2 Å². The Kier molecular flexibility index (Phi) is 5.09. The van der Waals surface area contributed by atoms with E-state index in [1.807, 2.05) is 54.7 Å². The minimum atomic E-state index is -0.0841. The molecule has 0 aliphatic carbocycles. The SMILES string of the molecule is C=C[C@H]1CN2CC[C@H]1C[C@@H]2[C@H](NC(=O)c1ccccc1)c1ccnc2ccccc12. The summed E-state index contributed by atoms with van der Waals surface area (Å²) in [5.41, 5.74) is 2.81. The van der Waals surface area contributed by atoms with E-state index in [9.17, 15) is 4.79 Å². The second kappa shape index (κ2) is 8.04. The quantitative estimate of drug-likeness (QED) is 0.640. The number of aromatic nitrogens is 1. The molecule has 3 aliphatic rings. The molecule has 5 atom stereocenters. The number of hydrogen-bond donors (Lipinski definition) is 1. The lowest BCUT2D eigenvalue weighted by atomic mass is 9.73. The number of nitrogens with zero attached hydrogens (tertiary/aromatic N) is 2. The lowest BCUT2D eigenvalue weighted by Crippen LogP contribution is -2.57. The zero-order valence-electron chi connectivity index (χ0n) is 17.1. The first-order chi connectivity index (χ1) is 14.7. The number of carbonyl (C=O) groups is 1. The molecule has 4 nitrogen and oxygen atoms in total. The highest BCUT2D eigenvalue weighted by atomic mass is 16.1. The first-order valence-electron chi connectivity index (χ1n) is 10.8. The molecule has 0 radical (unpaired) electrons. The Morgan fingerprint density at radius 1 is 1.13 bits per heavy atom. The van der Waals surface area contributed by atoms with Crippen LogP contribution in [-0.4, -0.2) is 34.9 Å². The number of fused-ring (bicyclic) bond motifs is 4. The third-order valence-electron chi connectivity index (χ3n) is 6.88. The highest BCUT2D eigenvalue weighted by molar-refractivity contribution is 5.95. The smallest absolute Gasteiger partial charge is 0.251 e. The van der Waals surface area contributed by atoms with Crippen molar-refractivity contribution >= 4 is 16.8 Å². The number of hydrogen-bond acceptors (Lipinski definition) is 3. The molecule has 1 aromatic heterocycles. The Hall–Kier alpha value is -2.98. The number of rotatable bonds is 5. The van der Waals surface area contributed by atoms with Crippen LogP contribution in [-0.2, 0) is 0 Å². The van der Waals surface area contributed by atoms with Crippen molar-refractivity contribution in [2.45, 2.75) is 24.9 Å². The van der Waals surface area contributed by atoms with Crippen LogP contribution in [0.5, 0.6) is 0 Å². The first kappa shape index (κ1) is 19.0.